The number of rotatable bonds is 4. The van der Waals surface area contributed by atoms with Crippen LogP contribution in [0.25, 0.3) is 11.3 Å². The highest BCUT2D eigenvalue weighted by Gasteiger charge is 2.31. The number of benzene rings is 1. The highest BCUT2D eigenvalue weighted by molar-refractivity contribution is 7.16. The fourth-order valence-electron chi connectivity index (χ4n) is 1.85. The van der Waals surface area contributed by atoms with Gasteiger partial charge in [-0.3, -0.25) is 0 Å². The highest BCUT2D eigenvalue weighted by atomic mass is 35.5. The van der Waals surface area contributed by atoms with Gasteiger partial charge in [-0.15, -0.1) is 11.3 Å². The molecule has 0 unspecified atom stereocenters. The van der Waals surface area contributed by atoms with Crippen molar-refractivity contribution in [3.8, 4) is 11.3 Å². The maximum Gasteiger partial charge on any atom is 0.393 e. The zero-order valence-corrected chi connectivity index (χ0v) is 13.1. The monoisotopic (exact) mass is 334 g/mol. The average molecular weight is 335 g/mol. The van der Waals surface area contributed by atoms with Crippen LogP contribution in [0.5, 0.6) is 0 Å². The van der Waals surface area contributed by atoms with Gasteiger partial charge >= 0.3 is 6.18 Å². The first kappa shape index (κ1) is 16.1. The first-order valence-electron chi connectivity index (χ1n) is 6.37. The number of anilines is 1. The summed E-state index contributed by atoms with van der Waals surface area (Å²) in [4.78, 5) is 4.47. The molecule has 0 spiro atoms. The van der Waals surface area contributed by atoms with Crippen LogP contribution in [-0.2, 0) is 6.42 Å². The zero-order valence-electron chi connectivity index (χ0n) is 11.5. The molecule has 1 heterocycles. The van der Waals surface area contributed by atoms with Gasteiger partial charge in [0.05, 0.1) is 12.1 Å². The van der Waals surface area contributed by atoms with Crippen molar-refractivity contribution >= 4 is 28.1 Å². The fraction of sp³-hybridized carbons (Fsp3) is 0.357. The molecule has 0 saturated heterocycles. The van der Waals surface area contributed by atoms with Crippen molar-refractivity contribution in [1.82, 2.24) is 4.98 Å². The first-order valence-corrected chi connectivity index (χ1v) is 7.56. The summed E-state index contributed by atoms with van der Waals surface area (Å²) in [6.07, 6.45) is -5.25. The quantitative estimate of drug-likeness (QED) is 0.819. The predicted octanol–water partition coefficient (Wildman–Crippen LogP) is 5.31. The molecule has 2 aromatic rings. The standard InChI is InChI=1S/C14H14ClF3N2S/c1-3-19-13-20-12(11(21-13)7-14(16,17)18)9-5-4-8(2)10(15)6-9/h4-6H,3,7H2,1-2H3,(H,19,20). The van der Waals surface area contributed by atoms with E-state index in [0.717, 1.165) is 16.9 Å². The number of aromatic nitrogens is 1. The summed E-state index contributed by atoms with van der Waals surface area (Å²) in [7, 11) is 0. The minimum atomic E-state index is -4.26. The molecule has 114 valence electrons. The van der Waals surface area contributed by atoms with Gasteiger partial charge in [-0.05, 0) is 25.5 Å². The van der Waals surface area contributed by atoms with Crippen LogP contribution in [0.15, 0.2) is 18.2 Å². The molecule has 0 aliphatic carbocycles. The van der Waals surface area contributed by atoms with E-state index in [9.17, 15) is 13.2 Å². The van der Waals surface area contributed by atoms with Crippen LogP contribution in [0, 0.1) is 6.92 Å². The lowest BCUT2D eigenvalue weighted by atomic mass is 10.1. The fourth-order valence-corrected chi connectivity index (χ4v) is 3.11. The lowest BCUT2D eigenvalue weighted by molar-refractivity contribution is -0.126. The topological polar surface area (TPSA) is 24.9 Å². The smallest absolute Gasteiger partial charge is 0.362 e. The Kier molecular flexibility index (Phi) is 4.78. The molecule has 1 N–H and O–H groups in total. The largest absolute Gasteiger partial charge is 0.393 e. The molecule has 21 heavy (non-hydrogen) atoms. The van der Waals surface area contributed by atoms with E-state index in [4.69, 9.17) is 11.6 Å². The van der Waals surface area contributed by atoms with Crippen LogP contribution in [-0.4, -0.2) is 17.7 Å². The Balaban J connectivity index is 2.46. The third-order valence-corrected chi connectivity index (χ3v) is 4.25. The summed E-state index contributed by atoms with van der Waals surface area (Å²) in [5.41, 5.74) is 1.82. The van der Waals surface area contributed by atoms with Gasteiger partial charge in [0.15, 0.2) is 5.13 Å². The second-order valence-corrected chi connectivity index (χ2v) is 6.07. The molecular formula is C14H14ClF3N2S. The van der Waals surface area contributed by atoms with Gasteiger partial charge in [0.1, 0.15) is 0 Å². The van der Waals surface area contributed by atoms with Gasteiger partial charge in [0, 0.05) is 22.0 Å². The molecule has 0 bridgehead atoms. The van der Waals surface area contributed by atoms with Crippen molar-refractivity contribution in [3.05, 3.63) is 33.7 Å². The Hall–Kier alpha value is -1.27. The number of hydrogen-bond donors (Lipinski definition) is 1. The lowest BCUT2D eigenvalue weighted by Crippen LogP contribution is -2.11. The second-order valence-electron chi connectivity index (χ2n) is 4.58. The Morgan fingerprint density at radius 2 is 2.05 bits per heavy atom. The summed E-state index contributed by atoms with van der Waals surface area (Å²) in [5, 5.41) is 3.96. The number of hydrogen-bond acceptors (Lipinski definition) is 3. The van der Waals surface area contributed by atoms with Gasteiger partial charge in [-0.25, -0.2) is 4.98 Å². The zero-order chi connectivity index (χ0) is 15.6. The number of nitrogens with zero attached hydrogens (tertiary/aromatic N) is 1. The van der Waals surface area contributed by atoms with Crippen LogP contribution in [0.2, 0.25) is 5.02 Å². The molecule has 0 fully saturated rings. The molecule has 1 aromatic carbocycles. The number of nitrogens with one attached hydrogen (secondary N) is 1. The molecule has 7 heteroatoms. The van der Waals surface area contributed by atoms with Crippen LogP contribution in [0.3, 0.4) is 0 Å². The summed E-state index contributed by atoms with van der Waals surface area (Å²) in [5.74, 6) is 0. The average Bonchev–Trinajstić information content (AvgIpc) is 2.74. The normalized spacial score (nSPS) is 11.7. The molecule has 0 atom stereocenters. The van der Waals surface area contributed by atoms with E-state index in [1.54, 1.807) is 18.2 Å². The van der Waals surface area contributed by atoms with E-state index in [1.165, 1.54) is 0 Å². The van der Waals surface area contributed by atoms with Crippen LogP contribution in [0.1, 0.15) is 17.4 Å². The van der Waals surface area contributed by atoms with Crippen molar-refractivity contribution in [3.63, 3.8) is 0 Å². The van der Waals surface area contributed by atoms with Crippen LogP contribution in [0.4, 0.5) is 18.3 Å². The molecule has 2 rings (SSSR count). The van der Waals surface area contributed by atoms with Gasteiger partial charge in [-0.2, -0.15) is 13.2 Å². The number of aryl methyl sites for hydroxylation is 1. The Morgan fingerprint density at radius 3 is 2.62 bits per heavy atom. The minimum absolute atomic E-state index is 0.193. The highest BCUT2D eigenvalue weighted by Crippen LogP contribution is 2.36. The summed E-state index contributed by atoms with van der Waals surface area (Å²) in [6, 6.07) is 5.18. The Bertz CT molecular complexity index is 638. The van der Waals surface area contributed by atoms with E-state index < -0.39 is 12.6 Å². The molecule has 2 nitrogen and oxygen atoms in total. The van der Waals surface area contributed by atoms with Gasteiger partial charge in [-0.1, -0.05) is 23.7 Å². The molecule has 0 aliphatic heterocycles. The SMILES string of the molecule is CCNc1nc(-c2ccc(C)c(Cl)c2)c(CC(F)(F)F)s1. The summed E-state index contributed by atoms with van der Waals surface area (Å²) in [6.45, 7) is 4.31. The second kappa shape index (κ2) is 6.23. The Morgan fingerprint density at radius 1 is 1.33 bits per heavy atom. The van der Waals surface area contributed by atoms with E-state index in [1.807, 2.05) is 13.8 Å². The van der Waals surface area contributed by atoms with E-state index in [-0.39, 0.29) is 4.88 Å². The predicted molar refractivity (Wildman–Crippen MR) is 81.2 cm³/mol. The molecule has 1 aromatic heterocycles. The summed E-state index contributed by atoms with van der Waals surface area (Å²) < 4.78 is 38.1. The van der Waals surface area contributed by atoms with E-state index in [2.05, 4.69) is 10.3 Å². The molecule has 0 radical (unpaired) electrons. The molecule has 0 saturated carbocycles. The first-order chi connectivity index (χ1) is 9.80. The Labute approximate surface area is 130 Å². The van der Waals surface area contributed by atoms with E-state index >= 15 is 0 Å². The van der Waals surface area contributed by atoms with Crippen molar-refractivity contribution in [2.75, 3.05) is 11.9 Å². The number of thiazole rings is 1. The summed E-state index contributed by atoms with van der Waals surface area (Å²) >= 11 is 7.09. The van der Waals surface area contributed by atoms with Crippen molar-refractivity contribution in [2.45, 2.75) is 26.4 Å². The van der Waals surface area contributed by atoms with E-state index in [0.29, 0.717) is 28.0 Å². The maximum atomic E-state index is 12.7. The van der Waals surface area contributed by atoms with Gasteiger partial charge < -0.3 is 5.32 Å². The molecule has 0 aliphatic rings. The van der Waals surface area contributed by atoms with Crippen LogP contribution < -0.4 is 5.32 Å². The minimum Gasteiger partial charge on any atom is -0.362 e. The van der Waals surface area contributed by atoms with Crippen LogP contribution >= 0.6 is 22.9 Å². The van der Waals surface area contributed by atoms with Gasteiger partial charge in [0.2, 0.25) is 0 Å². The van der Waals surface area contributed by atoms with Crippen molar-refractivity contribution < 1.29 is 13.2 Å². The third-order valence-electron chi connectivity index (χ3n) is 2.83. The molecule has 0 amide bonds. The van der Waals surface area contributed by atoms with Crippen molar-refractivity contribution in [1.29, 1.82) is 0 Å². The van der Waals surface area contributed by atoms with Crippen molar-refractivity contribution in [2.24, 2.45) is 0 Å². The third kappa shape index (κ3) is 4.11. The van der Waals surface area contributed by atoms with Gasteiger partial charge in [0.25, 0.3) is 0 Å². The number of halogens is 4. The number of alkyl halides is 3. The maximum absolute atomic E-state index is 12.7. The lowest BCUT2D eigenvalue weighted by Gasteiger charge is -2.07. The molecular weight excluding hydrogens is 321 g/mol.